The highest BCUT2D eigenvalue weighted by Crippen LogP contribution is 2.52. The second-order valence-corrected chi connectivity index (χ2v) is 22.1. The number of phosphoric ester groups is 1. The Morgan fingerprint density at radius 3 is 1.61 bits per heavy atom. The molecule has 2 aliphatic rings. The molecule has 6 heterocycles. The van der Waals surface area contributed by atoms with Gasteiger partial charge in [0.2, 0.25) is 11.2 Å². The summed E-state index contributed by atoms with van der Waals surface area (Å²) < 4.78 is 59.5. The van der Waals surface area contributed by atoms with Gasteiger partial charge in [-0.2, -0.15) is 20.7 Å². The number of nitrogens with zero attached hydrogens (tertiary/aromatic N) is 8. The molecule has 0 amide bonds. The van der Waals surface area contributed by atoms with Crippen LogP contribution in [0.3, 0.4) is 0 Å². The van der Waals surface area contributed by atoms with E-state index >= 15 is 0 Å². The maximum Gasteiger partial charge on any atom is 0.475 e. The van der Waals surface area contributed by atoms with Gasteiger partial charge in [-0.15, -0.1) is 0 Å². The van der Waals surface area contributed by atoms with Gasteiger partial charge in [0.05, 0.1) is 44.4 Å². The van der Waals surface area contributed by atoms with Crippen LogP contribution in [0.2, 0.25) is 10.0 Å². The van der Waals surface area contributed by atoms with Crippen molar-refractivity contribution in [1.29, 1.82) is 10.5 Å². The Labute approximate surface area is 458 Å². The number of hydrogen-bond donors (Lipinski definition) is 6. The summed E-state index contributed by atoms with van der Waals surface area (Å²) in [5.41, 5.74) is 8.75. The summed E-state index contributed by atoms with van der Waals surface area (Å²) in [4.78, 5) is 7.91. The molecule has 8 N–H and O–H groups in total. The Kier molecular flexibility index (Phi) is 22.2. The molecule has 0 aliphatic carbocycles. The minimum absolute atomic E-state index is 0.00557. The Balaban J connectivity index is 1.01. The molecule has 9 atom stereocenters. The fraction of sp³-hybridized carbons (Fsp3) is 0.615. The standard InChI is InChI=1S/C52H71Cl2N10O12P/c1-2-3-4-5-6-7-8-9-10-11-12-13-14-15-16-17-24-70-27-37(71-26-35-18-19-36(53)25-38(35)54)28-72-77(69,73-29-41-45(65)47(67)51(31-55,75-41)43-22-20-39-49(57)59-33-61-63(39)43)74-30-42-46(66)48(68)52(32-56,76-42)44-23-21-40-50(58)60-34-62-64(40)44/h18-23,25,33-34,37,41-42,45-48,65-68H,2-17,24,26-30H2,1H3,(H2,57,59,61)(H2,58,60,62)/t37-,41-,42-,45-,46-,47-,48-,51+,52+/m1/s1. The summed E-state index contributed by atoms with van der Waals surface area (Å²) in [6.45, 7) is 0.459. The first-order valence-corrected chi connectivity index (χ1v) is 28.7. The van der Waals surface area contributed by atoms with Crippen LogP contribution in [-0.4, -0.2) is 125 Å². The van der Waals surface area contributed by atoms with E-state index in [9.17, 15) is 35.5 Å². The Hall–Kier alpha value is -4.59. The van der Waals surface area contributed by atoms with Crippen molar-refractivity contribution in [3.8, 4) is 12.1 Å². The Bertz CT molecular complexity index is 2690. The number of nitriles is 2. The van der Waals surface area contributed by atoms with Crippen molar-refractivity contribution in [2.24, 2.45) is 0 Å². The average Bonchev–Trinajstić information content (AvgIpc) is 4.36. The monoisotopic (exact) mass is 1130 g/mol. The summed E-state index contributed by atoms with van der Waals surface area (Å²) in [6, 6.07) is 14.7. The first kappa shape index (κ1) is 60.1. The van der Waals surface area contributed by atoms with E-state index in [-0.39, 0.29) is 36.2 Å². The number of benzene rings is 1. The molecule has 77 heavy (non-hydrogen) atoms. The first-order valence-electron chi connectivity index (χ1n) is 26.5. The number of hydrogen-bond acceptors (Lipinski definition) is 20. The Morgan fingerprint density at radius 2 is 1.16 bits per heavy atom. The first-order chi connectivity index (χ1) is 37.2. The number of aromatic nitrogens is 6. The van der Waals surface area contributed by atoms with Gasteiger partial charge < -0.3 is 50.8 Å². The van der Waals surface area contributed by atoms with Crippen LogP contribution in [0.5, 0.6) is 0 Å². The minimum atomic E-state index is -4.95. The number of aliphatic hydroxyl groups is 4. The molecular formula is C52H71Cl2N10O12P. The van der Waals surface area contributed by atoms with Gasteiger partial charge in [0.15, 0.2) is 11.6 Å². The summed E-state index contributed by atoms with van der Waals surface area (Å²) in [5, 5.41) is 75.7. The summed E-state index contributed by atoms with van der Waals surface area (Å²) in [7, 11) is -4.95. The van der Waals surface area contributed by atoms with Crippen molar-refractivity contribution in [2.75, 3.05) is 44.5 Å². The van der Waals surface area contributed by atoms with Crippen LogP contribution >= 0.6 is 31.0 Å². The van der Waals surface area contributed by atoms with E-state index in [4.69, 9.17) is 67.2 Å². The molecule has 0 bridgehead atoms. The van der Waals surface area contributed by atoms with Gasteiger partial charge in [-0.3, -0.25) is 13.6 Å². The molecule has 2 fully saturated rings. The van der Waals surface area contributed by atoms with Gasteiger partial charge in [0.25, 0.3) is 0 Å². The topological polar surface area (TPSA) is 323 Å². The van der Waals surface area contributed by atoms with Crippen LogP contribution in [-0.2, 0) is 54.9 Å². The molecule has 4 aromatic heterocycles. The van der Waals surface area contributed by atoms with Crippen LogP contribution in [0.4, 0.5) is 11.6 Å². The molecule has 2 saturated heterocycles. The van der Waals surface area contributed by atoms with Crippen LogP contribution in [0.15, 0.2) is 55.1 Å². The molecule has 0 unspecified atom stereocenters. The van der Waals surface area contributed by atoms with E-state index in [2.05, 4.69) is 27.1 Å². The van der Waals surface area contributed by atoms with E-state index in [1.165, 1.54) is 110 Å². The maximum atomic E-state index is 15.0. The number of nitrogens with two attached hydrogens (primary N) is 2. The maximum absolute atomic E-state index is 15.0. The lowest BCUT2D eigenvalue weighted by Gasteiger charge is -2.26. The van der Waals surface area contributed by atoms with Crippen LogP contribution in [0.25, 0.3) is 11.0 Å². The zero-order valence-corrected chi connectivity index (χ0v) is 45.7. The van der Waals surface area contributed by atoms with Gasteiger partial charge in [0.1, 0.15) is 78.6 Å². The van der Waals surface area contributed by atoms with Gasteiger partial charge in [-0.05, 0) is 48.4 Å². The van der Waals surface area contributed by atoms with Crippen LogP contribution in [0, 0.1) is 22.7 Å². The number of phosphoric acid groups is 1. The normalized spacial score (nSPS) is 24.0. The number of anilines is 2. The molecular weight excluding hydrogens is 1060 g/mol. The highest BCUT2D eigenvalue weighted by molar-refractivity contribution is 7.48. The van der Waals surface area contributed by atoms with E-state index in [1.807, 2.05) is 12.1 Å². The number of unbranched alkanes of at least 4 members (excludes halogenated alkanes) is 15. The third-order valence-electron chi connectivity index (χ3n) is 14.1. The third kappa shape index (κ3) is 14.6. The SMILES string of the molecule is CCCCCCCCCCCCCCCCCCOC[C@H](COP(=O)(OC[C@H]1O[C@@](C#N)(c2ccc3c(N)ncnn23)[C@H](O)[C@@H]1O)OC[C@H]1O[C@@](C#N)(c2ccc3c(N)ncnn23)[C@H](O)[C@@H]1O)OCc1ccc(Cl)cc1Cl. The lowest BCUT2D eigenvalue weighted by atomic mass is 9.92. The van der Waals surface area contributed by atoms with Crippen molar-refractivity contribution < 1.29 is 57.5 Å². The van der Waals surface area contributed by atoms with Gasteiger partial charge in [-0.25, -0.2) is 23.6 Å². The molecule has 0 saturated carbocycles. The van der Waals surface area contributed by atoms with E-state index in [1.54, 1.807) is 18.2 Å². The number of halogens is 2. The fourth-order valence-electron chi connectivity index (χ4n) is 9.67. The van der Waals surface area contributed by atoms with Crippen LogP contribution < -0.4 is 11.5 Å². The molecule has 0 radical (unpaired) electrons. The van der Waals surface area contributed by atoms with E-state index < -0.39 is 81.6 Å². The van der Waals surface area contributed by atoms with Crippen molar-refractivity contribution in [3.63, 3.8) is 0 Å². The second-order valence-electron chi connectivity index (χ2n) is 19.6. The largest absolute Gasteiger partial charge is 0.475 e. The molecule has 0 spiro atoms. The minimum Gasteiger partial charge on any atom is -0.387 e. The third-order valence-corrected chi connectivity index (χ3v) is 16.1. The molecule has 1 aromatic carbocycles. The van der Waals surface area contributed by atoms with Gasteiger partial charge >= 0.3 is 7.82 Å². The van der Waals surface area contributed by atoms with Crippen molar-refractivity contribution in [2.45, 2.75) is 170 Å². The van der Waals surface area contributed by atoms with Gasteiger partial charge in [0, 0.05) is 16.7 Å². The summed E-state index contributed by atoms with van der Waals surface area (Å²) >= 11 is 12.7. The number of ether oxygens (including phenoxy) is 4. The van der Waals surface area contributed by atoms with Crippen molar-refractivity contribution >= 4 is 53.7 Å². The summed E-state index contributed by atoms with van der Waals surface area (Å²) in [6.07, 6.45) is 10.5. The quantitative estimate of drug-likeness (QED) is 0.0173. The predicted molar refractivity (Wildman–Crippen MR) is 284 cm³/mol. The molecule has 7 rings (SSSR count). The number of aliphatic hydroxyl groups excluding tert-OH is 4. The molecule has 25 heteroatoms. The Morgan fingerprint density at radius 1 is 0.688 bits per heavy atom. The molecule has 420 valence electrons. The molecule has 22 nitrogen and oxygen atoms in total. The number of nitrogen functional groups attached to an aromatic ring is 2. The predicted octanol–water partition coefficient (Wildman–Crippen LogP) is 7.64. The van der Waals surface area contributed by atoms with E-state index in [0.29, 0.717) is 33.2 Å². The fourth-order valence-corrected chi connectivity index (χ4v) is 11.4. The number of fused-ring (bicyclic) bond motifs is 2. The summed E-state index contributed by atoms with van der Waals surface area (Å²) in [5.74, 6) is 0.145. The second kappa shape index (κ2) is 28.5. The lowest BCUT2D eigenvalue weighted by molar-refractivity contribution is -0.0802. The highest BCUT2D eigenvalue weighted by Gasteiger charge is 2.59. The average molecular weight is 1130 g/mol. The molecule has 2 aliphatic heterocycles. The van der Waals surface area contributed by atoms with Gasteiger partial charge in [-0.1, -0.05) is 133 Å². The van der Waals surface area contributed by atoms with E-state index in [0.717, 1.165) is 38.3 Å². The zero-order valence-electron chi connectivity index (χ0n) is 43.3. The van der Waals surface area contributed by atoms with Crippen LogP contribution in [0.1, 0.15) is 127 Å². The zero-order chi connectivity index (χ0) is 55.0. The van der Waals surface area contributed by atoms with Crippen molar-refractivity contribution in [1.82, 2.24) is 29.2 Å². The van der Waals surface area contributed by atoms with Crippen molar-refractivity contribution in [3.05, 3.63) is 82.1 Å². The highest BCUT2D eigenvalue weighted by atomic mass is 35.5. The number of rotatable bonds is 33. The lowest BCUT2D eigenvalue weighted by Crippen LogP contribution is -2.41. The smallest absolute Gasteiger partial charge is 0.387 e. The molecule has 5 aromatic rings.